The molecule has 4 heteroatoms. The second kappa shape index (κ2) is 8.38. The van der Waals surface area contributed by atoms with E-state index >= 15 is 0 Å². The van der Waals surface area contributed by atoms with E-state index in [1.165, 1.54) is 25.7 Å². The molecule has 0 spiro atoms. The SMILES string of the molecule is O=C(/C=C/c1ccccc1Cl)NCCSC1CCCC1. The summed E-state index contributed by atoms with van der Waals surface area (Å²) >= 11 is 8.00. The lowest BCUT2D eigenvalue weighted by atomic mass is 10.2. The van der Waals surface area contributed by atoms with Gasteiger partial charge in [-0.05, 0) is 30.5 Å². The molecule has 1 aromatic rings. The Morgan fingerprint density at radius 1 is 1.35 bits per heavy atom. The minimum Gasteiger partial charge on any atom is -0.352 e. The molecule has 1 fully saturated rings. The predicted molar refractivity (Wildman–Crippen MR) is 88.2 cm³/mol. The van der Waals surface area contributed by atoms with Gasteiger partial charge in [0, 0.05) is 28.6 Å². The molecule has 0 aromatic heterocycles. The van der Waals surface area contributed by atoms with Crippen LogP contribution >= 0.6 is 23.4 Å². The van der Waals surface area contributed by atoms with Gasteiger partial charge in [-0.3, -0.25) is 4.79 Å². The highest BCUT2D eigenvalue weighted by Crippen LogP contribution is 2.28. The quantitative estimate of drug-likeness (QED) is 0.632. The Balaban J connectivity index is 1.66. The van der Waals surface area contributed by atoms with Crippen molar-refractivity contribution in [1.82, 2.24) is 5.32 Å². The maximum absolute atomic E-state index is 11.7. The van der Waals surface area contributed by atoms with Gasteiger partial charge in [0.15, 0.2) is 0 Å². The first kappa shape index (κ1) is 15.5. The topological polar surface area (TPSA) is 29.1 Å². The monoisotopic (exact) mass is 309 g/mol. The highest BCUT2D eigenvalue weighted by Gasteiger charge is 2.14. The lowest BCUT2D eigenvalue weighted by Gasteiger charge is -2.08. The second-order valence-electron chi connectivity index (χ2n) is 4.92. The van der Waals surface area contributed by atoms with Crippen molar-refractivity contribution in [3.63, 3.8) is 0 Å². The molecule has 0 heterocycles. The molecule has 20 heavy (non-hydrogen) atoms. The van der Waals surface area contributed by atoms with Crippen LogP contribution < -0.4 is 5.32 Å². The van der Waals surface area contributed by atoms with Crippen molar-refractivity contribution >= 4 is 35.3 Å². The summed E-state index contributed by atoms with van der Waals surface area (Å²) in [6.45, 7) is 0.729. The molecule has 1 amide bonds. The Hall–Kier alpha value is -0.930. The molecule has 1 saturated carbocycles. The number of carbonyl (C=O) groups excluding carboxylic acids is 1. The molecule has 0 atom stereocenters. The van der Waals surface area contributed by atoms with Gasteiger partial charge in [0.1, 0.15) is 0 Å². The number of nitrogens with one attached hydrogen (secondary N) is 1. The summed E-state index contributed by atoms with van der Waals surface area (Å²) in [4.78, 5) is 11.7. The number of hydrogen-bond acceptors (Lipinski definition) is 2. The number of benzene rings is 1. The van der Waals surface area contributed by atoms with Gasteiger partial charge in [0.05, 0.1) is 0 Å². The third kappa shape index (κ3) is 5.22. The highest BCUT2D eigenvalue weighted by molar-refractivity contribution is 7.99. The van der Waals surface area contributed by atoms with Gasteiger partial charge < -0.3 is 5.32 Å². The summed E-state index contributed by atoms with van der Waals surface area (Å²) in [5.41, 5.74) is 0.865. The Kier molecular flexibility index (Phi) is 6.48. The Bertz CT molecular complexity index is 469. The zero-order chi connectivity index (χ0) is 14.2. The van der Waals surface area contributed by atoms with Crippen LogP contribution in [0.2, 0.25) is 5.02 Å². The van der Waals surface area contributed by atoms with Crippen molar-refractivity contribution in [3.05, 3.63) is 40.9 Å². The lowest BCUT2D eigenvalue weighted by molar-refractivity contribution is -0.116. The lowest BCUT2D eigenvalue weighted by Crippen LogP contribution is -2.24. The summed E-state index contributed by atoms with van der Waals surface area (Å²) in [6.07, 6.45) is 8.70. The first-order chi connectivity index (χ1) is 9.75. The highest BCUT2D eigenvalue weighted by atomic mass is 35.5. The van der Waals surface area contributed by atoms with Gasteiger partial charge in [-0.1, -0.05) is 42.6 Å². The van der Waals surface area contributed by atoms with Crippen molar-refractivity contribution in [2.24, 2.45) is 0 Å². The molecule has 0 aliphatic heterocycles. The van der Waals surface area contributed by atoms with Crippen LogP contribution in [-0.4, -0.2) is 23.5 Å². The average Bonchev–Trinajstić information content (AvgIpc) is 2.96. The smallest absolute Gasteiger partial charge is 0.244 e. The van der Waals surface area contributed by atoms with Crippen molar-refractivity contribution < 1.29 is 4.79 Å². The number of thioether (sulfide) groups is 1. The minimum absolute atomic E-state index is 0.0584. The largest absolute Gasteiger partial charge is 0.352 e. The maximum Gasteiger partial charge on any atom is 0.244 e. The fourth-order valence-electron chi connectivity index (χ4n) is 2.29. The van der Waals surface area contributed by atoms with Crippen LogP contribution in [0.3, 0.4) is 0 Å². The first-order valence-electron chi connectivity index (χ1n) is 7.08. The number of halogens is 1. The minimum atomic E-state index is -0.0584. The van der Waals surface area contributed by atoms with Crippen LogP contribution in [0, 0.1) is 0 Å². The molecule has 2 nitrogen and oxygen atoms in total. The van der Waals surface area contributed by atoms with Crippen LogP contribution in [0.25, 0.3) is 6.08 Å². The number of rotatable bonds is 6. The van der Waals surface area contributed by atoms with Crippen LogP contribution in [0.5, 0.6) is 0 Å². The van der Waals surface area contributed by atoms with E-state index in [0.29, 0.717) is 5.02 Å². The normalized spacial score (nSPS) is 15.8. The Morgan fingerprint density at radius 3 is 2.85 bits per heavy atom. The van der Waals surface area contributed by atoms with Crippen LogP contribution in [0.4, 0.5) is 0 Å². The molecule has 2 rings (SSSR count). The van der Waals surface area contributed by atoms with E-state index < -0.39 is 0 Å². The third-order valence-corrected chi connectivity index (χ3v) is 5.10. The van der Waals surface area contributed by atoms with Gasteiger partial charge in [-0.2, -0.15) is 11.8 Å². The Labute approximate surface area is 130 Å². The number of carbonyl (C=O) groups is 1. The fraction of sp³-hybridized carbons (Fsp3) is 0.438. The molecule has 0 radical (unpaired) electrons. The molecule has 0 saturated heterocycles. The van der Waals surface area contributed by atoms with Gasteiger partial charge in [-0.15, -0.1) is 0 Å². The molecular formula is C16H20ClNOS. The van der Waals surface area contributed by atoms with Crippen LogP contribution in [0.15, 0.2) is 30.3 Å². The van der Waals surface area contributed by atoms with E-state index in [0.717, 1.165) is 23.1 Å². The van der Waals surface area contributed by atoms with E-state index in [9.17, 15) is 4.79 Å². The average molecular weight is 310 g/mol. The summed E-state index contributed by atoms with van der Waals surface area (Å²) < 4.78 is 0. The maximum atomic E-state index is 11.7. The second-order valence-corrected chi connectivity index (χ2v) is 6.74. The third-order valence-electron chi connectivity index (χ3n) is 3.38. The molecule has 1 aliphatic rings. The van der Waals surface area contributed by atoms with E-state index in [1.807, 2.05) is 36.0 Å². The zero-order valence-electron chi connectivity index (χ0n) is 11.5. The summed E-state index contributed by atoms with van der Waals surface area (Å²) in [7, 11) is 0. The molecular weight excluding hydrogens is 290 g/mol. The van der Waals surface area contributed by atoms with Gasteiger partial charge in [0.2, 0.25) is 5.91 Å². The van der Waals surface area contributed by atoms with E-state index in [-0.39, 0.29) is 5.91 Å². The van der Waals surface area contributed by atoms with Crippen molar-refractivity contribution in [1.29, 1.82) is 0 Å². The molecule has 1 aromatic carbocycles. The summed E-state index contributed by atoms with van der Waals surface area (Å²) in [5, 5.41) is 4.38. The summed E-state index contributed by atoms with van der Waals surface area (Å²) in [6, 6.07) is 7.49. The fourth-order valence-corrected chi connectivity index (χ4v) is 3.71. The van der Waals surface area contributed by atoms with Crippen molar-refractivity contribution in [3.8, 4) is 0 Å². The van der Waals surface area contributed by atoms with E-state index in [2.05, 4.69) is 5.32 Å². The Morgan fingerprint density at radius 2 is 2.10 bits per heavy atom. The standard InChI is InChI=1S/C16H20ClNOS/c17-15-8-4-1-5-13(15)9-10-16(19)18-11-12-20-14-6-2-3-7-14/h1,4-5,8-10,14H,2-3,6-7,11-12H2,(H,18,19)/b10-9+. The van der Waals surface area contributed by atoms with Crippen molar-refractivity contribution in [2.45, 2.75) is 30.9 Å². The van der Waals surface area contributed by atoms with Gasteiger partial charge in [0.25, 0.3) is 0 Å². The molecule has 1 aliphatic carbocycles. The number of amides is 1. The van der Waals surface area contributed by atoms with Crippen LogP contribution in [0.1, 0.15) is 31.2 Å². The van der Waals surface area contributed by atoms with Gasteiger partial charge in [-0.25, -0.2) is 0 Å². The zero-order valence-corrected chi connectivity index (χ0v) is 13.1. The molecule has 0 bridgehead atoms. The van der Waals surface area contributed by atoms with E-state index in [4.69, 9.17) is 11.6 Å². The summed E-state index contributed by atoms with van der Waals surface area (Å²) in [5.74, 6) is 0.938. The first-order valence-corrected chi connectivity index (χ1v) is 8.50. The predicted octanol–water partition coefficient (Wildman–Crippen LogP) is 4.15. The van der Waals surface area contributed by atoms with E-state index in [1.54, 1.807) is 12.2 Å². The molecule has 108 valence electrons. The van der Waals surface area contributed by atoms with Crippen molar-refractivity contribution in [2.75, 3.05) is 12.3 Å². The molecule has 0 unspecified atom stereocenters. The van der Waals surface area contributed by atoms with Gasteiger partial charge >= 0.3 is 0 Å². The molecule has 1 N–H and O–H groups in total. The number of hydrogen-bond donors (Lipinski definition) is 1. The van der Waals surface area contributed by atoms with Crippen LogP contribution in [-0.2, 0) is 4.79 Å².